The van der Waals surface area contributed by atoms with Crippen LogP contribution in [0, 0.1) is 3.57 Å². The molecule has 4 nitrogen and oxygen atoms in total. The molecule has 0 spiro atoms. The SMILES string of the molecule is COC(c1ccc(I)cc1)C(NC(=O)OC(C)(C)C)c1ccc(Cl)c(Cl)c1. The molecule has 27 heavy (non-hydrogen) atoms. The van der Waals surface area contributed by atoms with E-state index in [-0.39, 0.29) is 0 Å². The van der Waals surface area contributed by atoms with Gasteiger partial charge in [0.25, 0.3) is 0 Å². The van der Waals surface area contributed by atoms with Crippen LogP contribution < -0.4 is 5.32 Å². The van der Waals surface area contributed by atoms with Crippen molar-refractivity contribution in [2.24, 2.45) is 0 Å². The summed E-state index contributed by atoms with van der Waals surface area (Å²) in [5, 5.41) is 3.76. The van der Waals surface area contributed by atoms with Crippen LogP contribution in [0.25, 0.3) is 0 Å². The number of methoxy groups -OCH3 is 1. The van der Waals surface area contributed by atoms with E-state index in [9.17, 15) is 4.79 Å². The minimum absolute atomic E-state index is 0.405. The molecule has 0 fully saturated rings. The second kappa shape index (κ2) is 9.45. The lowest BCUT2D eigenvalue weighted by atomic mass is 9.95. The summed E-state index contributed by atoms with van der Waals surface area (Å²) >= 11 is 14.5. The Bertz CT molecular complexity index is 791. The molecule has 0 saturated carbocycles. The summed E-state index contributed by atoms with van der Waals surface area (Å²) in [5.41, 5.74) is 1.07. The molecule has 0 saturated heterocycles. The monoisotopic (exact) mass is 521 g/mol. The van der Waals surface area contributed by atoms with E-state index in [0.29, 0.717) is 10.0 Å². The van der Waals surface area contributed by atoms with Crippen molar-refractivity contribution in [3.63, 3.8) is 0 Å². The van der Waals surface area contributed by atoms with Gasteiger partial charge in [0.2, 0.25) is 0 Å². The predicted molar refractivity (Wildman–Crippen MR) is 117 cm³/mol. The lowest BCUT2D eigenvalue weighted by Crippen LogP contribution is -2.37. The molecule has 146 valence electrons. The Morgan fingerprint density at radius 3 is 2.15 bits per heavy atom. The van der Waals surface area contributed by atoms with Gasteiger partial charge in [-0.2, -0.15) is 0 Å². The molecule has 2 atom stereocenters. The standard InChI is InChI=1S/C20H22Cl2INO3/c1-20(2,3)27-19(25)24-17(13-7-10-15(21)16(22)11-13)18(26-4)12-5-8-14(23)9-6-12/h5-11,17-18H,1-4H3,(H,24,25). The Labute approximate surface area is 183 Å². The van der Waals surface area contributed by atoms with E-state index in [2.05, 4.69) is 27.9 Å². The quantitative estimate of drug-likeness (QED) is 0.454. The first kappa shape index (κ1) is 22.3. The number of halogens is 3. The predicted octanol–water partition coefficient (Wildman–Crippen LogP) is 6.55. The third-order valence-electron chi connectivity index (χ3n) is 3.73. The molecule has 0 aliphatic heterocycles. The topological polar surface area (TPSA) is 47.6 Å². The van der Waals surface area contributed by atoms with E-state index in [1.807, 2.05) is 51.1 Å². The summed E-state index contributed by atoms with van der Waals surface area (Å²) in [6, 6.07) is 12.6. The van der Waals surface area contributed by atoms with Crippen molar-refractivity contribution in [2.45, 2.75) is 38.5 Å². The van der Waals surface area contributed by atoms with Gasteiger partial charge in [-0.25, -0.2) is 4.79 Å². The first-order chi connectivity index (χ1) is 12.6. The molecule has 0 aliphatic carbocycles. The number of carbonyl (C=O) groups is 1. The van der Waals surface area contributed by atoms with E-state index >= 15 is 0 Å². The minimum Gasteiger partial charge on any atom is -0.444 e. The van der Waals surface area contributed by atoms with E-state index in [1.165, 1.54) is 0 Å². The number of alkyl carbamates (subject to hydrolysis) is 1. The van der Waals surface area contributed by atoms with Gasteiger partial charge in [0.1, 0.15) is 11.7 Å². The van der Waals surface area contributed by atoms with Crippen molar-refractivity contribution in [1.29, 1.82) is 0 Å². The largest absolute Gasteiger partial charge is 0.444 e. The van der Waals surface area contributed by atoms with Crippen molar-refractivity contribution in [2.75, 3.05) is 7.11 Å². The second-order valence-corrected chi connectivity index (χ2v) is 9.07. The molecule has 1 amide bonds. The maximum Gasteiger partial charge on any atom is 0.408 e. The highest BCUT2D eigenvalue weighted by Crippen LogP contribution is 2.35. The van der Waals surface area contributed by atoms with Crippen LogP contribution in [0.15, 0.2) is 42.5 Å². The number of hydrogen-bond acceptors (Lipinski definition) is 3. The van der Waals surface area contributed by atoms with Crippen molar-refractivity contribution in [1.82, 2.24) is 5.32 Å². The average molecular weight is 522 g/mol. The number of benzene rings is 2. The van der Waals surface area contributed by atoms with Gasteiger partial charge in [0, 0.05) is 10.7 Å². The zero-order valence-electron chi connectivity index (χ0n) is 15.6. The van der Waals surface area contributed by atoms with Gasteiger partial charge in [0.15, 0.2) is 0 Å². The molecule has 0 aliphatic rings. The summed E-state index contributed by atoms with van der Waals surface area (Å²) in [7, 11) is 1.60. The van der Waals surface area contributed by atoms with Crippen LogP contribution in [0.5, 0.6) is 0 Å². The van der Waals surface area contributed by atoms with Crippen molar-refractivity contribution in [3.05, 3.63) is 67.2 Å². The molecule has 0 bridgehead atoms. The summed E-state index contributed by atoms with van der Waals surface area (Å²) in [5.74, 6) is 0. The van der Waals surface area contributed by atoms with Crippen molar-refractivity contribution < 1.29 is 14.3 Å². The lowest BCUT2D eigenvalue weighted by Gasteiger charge is -2.29. The van der Waals surface area contributed by atoms with Crippen LogP contribution in [0.2, 0.25) is 10.0 Å². The van der Waals surface area contributed by atoms with Crippen LogP contribution in [0.4, 0.5) is 4.79 Å². The zero-order valence-corrected chi connectivity index (χ0v) is 19.2. The number of hydrogen-bond donors (Lipinski definition) is 1. The van der Waals surface area contributed by atoms with Gasteiger partial charge in [-0.3, -0.25) is 0 Å². The Hall–Kier alpha value is -1.02. The Morgan fingerprint density at radius 2 is 1.63 bits per heavy atom. The van der Waals surface area contributed by atoms with Gasteiger partial charge in [-0.1, -0.05) is 41.4 Å². The van der Waals surface area contributed by atoms with Crippen LogP contribution in [0.3, 0.4) is 0 Å². The van der Waals surface area contributed by atoms with Crippen LogP contribution in [-0.4, -0.2) is 18.8 Å². The highest BCUT2D eigenvalue weighted by Gasteiger charge is 2.29. The highest BCUT2D eigenvalue weighted by atomic mass is 127. The maximum absolute atomic E-state index is 12.5. The molecule has 0 aromatic heterocycles. The number of rotatable bonds is 5. The first-order valence-corrected chi connectivity index (χ1v) is 10.2. The molecular weight excluding hydrogens is 500 g/mol. The molecule has 1 N–H and O–H groups in total. The summed E-state index contributed by atoms with van der Waals surface area (Å²) in [6.07, 6.45) is -0.974. The normalized spacial score (nSPS) is 13.7. The summed E-state index contributed by atoms with van der Waals surface area (Å²) in [6.45, 7) is 5.44. The van der Waals surface area contributed by atoms with E-state index < -0.39 is 23.8 Å². The third-order valence-corrected chi connectivity index (χ3v) is 5.19. The Morgan fingerprint density at radius 1 is 1.04 bits per heavy atom. The van der Waals surface area contributed by atoms with Crippen molar-refractivity contribution >= 4 is 51.9 Å². The van der Waals surface area contributed by atoms with Crippen molar-refractivity contribution in [3.8, 4) is 0 Å². The Balaban J connectivity index is 2.41. The van der Waals surface area contributed by atoms with Gasteiger partial charge in [-0.05, 0) is 78.8 Å². The van der Waals surface area contributed by atoms with Crippen LogP contribution in [0.1, 0.15) is 44.0 Å². The second-order valence-electron chi connectivity index (χ2n) is 7.01. The van der Waals surface area contributed by atoms with Crippen LogP contribution >= 0.6 is 45.8 Å². The average Bonchev–Trinajstić information content (AvgIpc) is 2.57. The van der Waals surface area contributed by atoms with E-state index in [0.717, 1.165) is 14.7 Å². The fourth-order valence-corrected chi connectivity index (χ4v) is 3.26. The van der Waals surface area contributed by atoms with Gasteiger partial charge in [0.05, 0.1) is 16.1 Å². The molecule has 7 heteroatoms. The molecule has 2 aromatic rings. The number of ether oxygens (including phenoxy) is 2. The fourth-order valence-electron chi connectivity index (χ4n) is 2.59. The maximum atomic E-state index is 12.5. The molecule has 2 aromatic carbocycles. The first-order valence-electron chi connectivity index (χ1n) is 8.33. The third kappa shape index (κ3) is 6.52. The lowest BCUT2D eigenvalue weighted by molar-refractivity contribution is 0.0326. The number of carbonyl (C=O) groups excluding carboxylic acids is 1. The molecule has 0 radical (unpaired) electrons. The van der Waals surface area contributed by atoms with E-state index in [4.69, 9.17) is 32.7 Å². The number of amides is 1. The summed E-state index contributed by atoms with van der Waals surface area (Å²) in [4.78, 5) is 12.5. The van der Waals surface area contributed by atoms with E-state index in [1.54, 1.807) is 19.2 Å². The van der Waals surface area contributed by atoms with Gasteiger partial charge >= 0.3 is 6.09 Å². The van der Waals surface area contributed by atoms with Crippen LogP contribution in [-0.2, 0) is 9.47 Å². The number of nitrogens with one attached hydrogen (secondary N) is 1. The molecule has 2 rings (SSSR count). The minimum atomic E-state index is -0.613. The van der Waals surface area contributed by atoms with Gasteiger partial charge in [-0.15, -0.1) is 0 Å². The molecular formula is C20H22Cl2INO3. The fraction of sp³-hybridized carbons (Fsp3) is 0.350. The van der Waals surface area contributed by atoms with Gasteiger partial charge < -0.3 is 14.8 Å². The summed E-state index contributed by atoms with van der Waals surface area (Å²) < 4.78 is 12.3. The molecule has 0 heterocycles. The highest BCUT2D eigenvalue weighted by molar-refractivity contribution is 14.1. The Kier molecular flexibility index (Phi) is 7.80. The zero-order chi connectivity index (χ0) is 20.2. The smallest absolute Gasteiger partial charge is 0.408 e. The molecule has 2 unspecified atom stereocenters.